The fourth-order valence-corrected chi connectivity index (χ4v) is 2.33. The predicted octanol–water partition coefficient (Wildman–Crippen LogP) is 1.42. The van der Waals surface area contributed by atoms with E-state index in [1.807, 2.05) is 0 Å². The van der Waals surface area contributed by atoms with Crippen LogP contribution in [0, 0.1) is 6.92 Å². The zero-order valence-electron chi connectivity index (χ0n) is 9.20. The Labute approximate surface area is 89.7 Å². The number of methoxy groups -OCH3 is 2. The van der Waals surface area contributed by atoms with Crippen molar-refractivity contribution < 1.29 is 17.9 Å². The molecule has 0 aliphatic heterocycles. The Kier molecular flexibility index (Phi) is 3.24. The van der Waals surface area contributed by atoms with Crippen molar-refractivity contribution in [3.63, 3.8) is 0 Å². The first-order chi connectivity index (χ1) is 6.90. The molecule has 15 heavy (non-hydrogen) atoms. The molecule has 0 aromatic heterocycles. The van der Waals surface area contributed by atoms with Crippen LogP contribution in [-0.2, 0) is 9.84 Å². The topological polar surface area (TPSA) is 52.6 Å². The molecule has 4 nitrogen and oxygen atoms in total. The van der Waals surface area contributed by atoms with Crippen molar-refractivity contribution >= 4 is 9.84 Å². The van der Waals surface area contributed by atoms with Gasteiger partial charge in [0.2, 0.25) is 0 Å². The van der Waals surface area contributed by atoms with Crippen molar-refractivity contribution in [2.45, 2.75) is 11.8 Å². The largest absolute Gasteiger partial charge is 0.493 e. The van der Waals surface area contributed by atoms with Crippen LogP contribution in [0.5, 0.6) is 11.5 Å². The third-order valence-corrected chi connectivity index (χ3v) is 3.32. The molecule has 5 heteroatoms. The second-order valence-electron chi connectivity index (χ2n) is 3.24. The summed E-state index contributed by atoms with van der Waals surface area (Å²) in [5.74, 6) is 0.950. The van der Waals surface area contributed by atoms with Crippen molar-refractivity contribution in [3.05, 3.63) is 17.7 Å². The molecule has 0 saturated carbocycles. The molecular formula is C10H14O4S. The number of ether oxygens (including phenoxy) is 2. The molecule has 0 spiro atoms. The number of hydrogen-bond donors (Lipinski definition) is 0. The van der Waals surface area contributed by atoms with Crippen LogP contribution in [0.25, 0.3) is 0 Å². The fourth-order valence-electron chi connectivity index (χ4n) is 1.36. The normalized spacial score (nSPS) is 11.2. The number of sulfone groups is 1. The highest BCUT2D eigenvalue weighted by Gasteiger charge is 2.15. The minimum absolute atomic E-state index is 0.264. The lowest BCUT2D eigenvalue weighted by atomic mass is 10.2. The van der Waals surface area contributed by atoms with Gasteiger partial charge in [0.25, 0.3) is 0 Å². The molecule has 0 bridgehead atoms. The molecular weight excluding hydrogens is 216 g/mol. The van der Waals surface area contributed by atoms with E-state index in [4.69, 9.17) is 9.47 Å². The molecule has 0 aliphatic carbocycles. The van der Waals surface area contributed by atoms with Crippen LogP contribution < -0.4 is 9.47 Å². The van der Waals surface area contributed by atoms with E-state index >= 15 is 0 Å². The summed E-state index contributed by atoms with van der Waals surface area (Å²) in [7, 11) is -0.244. The van der Waals surface area contributed by atoms with E-state index in [-0.39, 0.29) is 4.90 Å². The second kappa shape index (κ2) is 4.10. The van der Waals surface area contributed by atoms with Gasteiger partial charge in [0.1, 0.15) is 0 Å². The summed E-state index contributed by atoms with van der Waals surface area (Å²) in [6.07, 6.45) is 1.17. The van der Waals surface area contributed by atoms with Crippen molar-refractivity contribution in [2.24, 2.45) is 0 Å². The Morgan fingerprint density at radius 2 is 1.53 bits per heavy atom. The predicted molar refractivity (Wildman–Crippen MR) is 57.4 cm³/mol. The van der Waals surface area contributed by atoms with E-state index in [0.717, 1.165) is 0 Å². The van der Waals surface area contributed by atoms with Crippen LogP contribution in [0.3, 0.4) is 0 Å². The first kappa shape index (κ1) is 11.8. The lowest BCUT2D eigenvalue weighted by Gasteiger charge is -2.11. The van der Waals surface area contributed by atoms with Crippen molar-refractivity contribution in [1.82, 2.24) is 0 Å². The van der Waals surface area contributed by atoms with Gasteiger partial charge in [-0.3, -0.25) is 0 Å². The summed E-state index contributed by atoms with van der Waals surface area (Å²) >= 11 is 0. The quantitative estimate of drug-likeness (QED) is 0.788. The van der Waals surface area contributed by atoms with Gasteiger partial charge in [0.15, 0.2) is 21.3 Å². The SMILES string of the molecule is COc1cc(C)c(S(C)(=O)=O)cc1OC. The molecule has 0 saturated heterocycles. The number of aryl methyl sites for hydroxylation is 1. The Bertz CT molecular complexity index is 463. The molecule has 84 valence electrons. The molecule has 0 fully saturated rings. The summed E-state index contributed by atoms with van der Waals surface area (Å²) in [5, 5.41) is 0. The van der Waals surface area contributed by atoms with Crippen molar-refractivity contribution in [1.29, 1.82) is 0 Å². The minimum Gasteiger partial charge on any atom is -0.493 e. The molecule has 1 aromatic rings. The van der Waals surface area contributed by atoms with Gasteiger partial charge in [-0.25, -0.2) is 8.42 Å². The van der Waals surface area contributed by atoms with E-state index < -0.39 is 9.84 Å². The van der Waals surface area contributed by atoms with Gasteiger partial charge in [-0.1, -0.05) is 0 Å². The highest BCUT2D eigenvalue weighted by Crippen LogP contribution is 2.32. The van der Waals surface area contributed by atoms with Crippen molar-refractivity contribution in [3.8, 4) is 11.5 Å². The van der Waals surface area contributed by atoms with Crippen LogP contribution in [0.2, 0.25) is 0 Å². The Morgan fingerprint density at radius 1 is 1.07 bits per heavy atom. The third kappa shape index (κ3) is 2.41. The van der Waals surface area contributed by atoms with Gasteiger partial charge >= 0.3 is 0 Å². The zero-order chi connectivity index (χ0) is 11.6. The zero-order valence-corrected chi connectivity index (χ0v) is 10.0. The molecule has 0 N–H and O–H groups in total. The highest BCUT2D eigenvalue weighted by atomic mass is 32.2. The third-order valence-electron chi connectivity index (χ3n) is 2.08. The first-order valence-corrected chi connectivity index (χ1v) is 6.22. The van der Waals surface area contributed by atoms with E-state index in [2.05, 4.69) is 0 Å². The van der Waals surface area contributed by atoms with Gasteiger partial charge in [0.05, 0.1) is 19.1 Å². The maximum Gasteiger partial charge on any atom is 0.175 e. The van der Waals surface area contributed by atoms with Crippen LogP contribution >= 0.6 is 0 Å². The summed E-state index contributed by atoms with van der Waals surface area (Å²) in [5.41, 5.74) is 0.648. The van der Waals surface area contributed by atoms with Gasteiger partial charge in [-0.2, -0.15) is 0 Å². The smallest absolute Gasteiger partial charge is 0.175 e. The summed E-state index contributed by atoms with van der Waals surface area (Å²) in [6.45, 7) is 1.72. The standard InChI is InChI=1S/C10H14O4S/c1-7-5-8(13-2)9(14-3)6-10(7)15(4,11)12/h5-6H,1-4H3. The maximum atomic E-state index is 11.4. The Balaban J connectivity index is 3.46. The summed E-state index contributed by atoms with van der Waals surface area (Å²) in [6, 6.07) is 3.12. The molecule has 0 heterocycles. The molecule has 0 atom stereocenters. The van der Waals surface area contributed by atoms with Gasteiger partial charge in [0, 0.05) is 12.3 Å². The average Bonchev–Trinajstić information content (AvgIpc) is 2.15. The van der Waals surface area contributed by atoms with Crippen LogP contribution in [0.1, 0.15) is 5.56 Å². The fraction of sp³-hybridized carbons (Fsp3) is 0.400. The van der Waals surface area contributed by atoms with Gasteiger partial charge in [-0.05, 0) is 18.6 Å². The molecule has 0 amide bonds. The van der Waals surface area contributed by atoms with Gasteiger partial charge < -0.3 is 9.47 Å². The number of benzene rings is 1. The van der Waals surface area contributed by atoms with E-state index in [0.29, 0.717) is 17.1 Å². The highest BCUT2D eigenvalue weighted by molar-refractivity contribution is 7.90. The number of hydrogen-bond acceptors (Lipinski definition) is 4. The van der Waals surface area contributed by atoms with Crippen LogP contribution in [-0.4, -0.2) is 28.9 Å². The minimum atomic E-state index is -3.23. The monoisotopic (exact) mass is 230 g/mol. The molecule has 1 aromatic carbocycles. The molecule has 0 unspecified atom stereocenters. The van der Waals surface area contributed by atoms with Crippen LogP contribution in [0.4, 0.5) is 0 Å². The van der Waals surface area contributed by atoms with E-state index in [1.165, 1.54) is 26.5 Å². The lowest BCUT2D eigenvalue weighted by Crippen LogP contribution is -2.02. The average molecular weight is 230 g/mol. The van der Waals surface area contributed by atoms with Gasteiger partial charge in [-0.15, -0.1) is 0 Å². The molecule has 0 radical (unpaired) electrons. The Hall–Kier alpha value is -1.23. The van der Waals surface area contributed by atoms with E-state index in [9.17, 15) is 8.42 Å². The lowest BCUT2D eigenvalue weighted by molar-refractivity contribution is 0.353. The van der Waals surface area contributed by atoms with Crippen molar-refractivity contribution in [2.75, 3.05) is 20.5 Å². The number of rotatable bonds is 3. The molecule has 0 aliphatic rings. The van der Waals surface area contributed by atoms with Crippen LogP contribution in [0.15, 0.2) is 17.0 Å². The summed E-state index contributed by atoms with van der Waals surface area (Å²) in [4.78, 5) is 0.264. The molecule has 1 rings (SSSR count). The Morgan fingerprint density at radius 3 is 1.93 bits per heavy atom. The second-order valence-corrected chi connectivity index (χ2v) is 5.23. The maximum absolute atomic E-state index is 11.4. The summed E-state index contributed by atoms with van der Waals surface area (Å²) < 4.78 is 33.0. The first-order valence-electron chi connectivity index (χ1n) is 4.33. The van der Waals surface area contributed by atoms with E-state index in [1.54, 1.807) is 13.0 Å².